The van der Waals surface area contributed by atoms with Crippen LogP contribution in [0.2, 0.25) is 0 Å². The van der Waals surface area contributed by atoms with Crippen LogP contribution in [-0.4, -0.2) is 34.8 Å². The summed E-state index contributed by atoms with van der Waals surface area (Å²) < 4.78 is 17.1. The summed E-state index contributed by atoms with van der Waals surface area (Å²) in [6.45, 7) is 14.4. The topological polar surface area (TPSA) is 61.8 Å². The molecule has 0 bridgehead atoms. The quantitative estimate of drug-likeness (QED) is 0.738. The summed E-state index contributed by atoms with van der Waals surface area (Å²) in [5, 5.41) is 0. The van der Waals surface area contributed by atoms with Crippen molar-refractivity contribution in [3.63, 3.8) is 0 Å². The molecule has 1 aliphatic heterocycles. The third-order valence-corrected chi connectivity index (χ3v) is 3.85. The first-order valence-corrected chi connectivity index (χ1v) is 9.15. The van der Waals surface area contributed by atoms with Gasteiger partial charge in [-0.1, -0.05) is 30.3 Å². The van der Waals surface area contributed by atoms with Crippen molar-refractivity contribution in [3.05, 3.63) is 41.5 Å². The van der Waals surface area contributed by atoms with Crippen molar-refractivity contribution < 1.29 is 23.8 Å². The van der Waals surface area contributed by atoms with Gasteiger partial charge in [0.05, 0.1) is 11.2 Å². The summed E-state index contributed by atoms with van der Waals surface area (Å²) in [5.74, 6) is -1.16. The summed E-state index contributed by atoms with van der Waals surface area (Å²) in [5.41, 5.74) is -0.580. The van der Waals surface area contributed by atoms with Gasteiger partial charge in [0.2, 0.25) is 0 Å². The van der Waals surface area contributed by atoms with Crippen molar-refractivity contribution >= 4 is 17.5 Å². The van der Waals surface area contributed by atoms with Crippen LogP contribution in [0.3, 0.4) is 0 Å². The number of hydrogen-bond acceptors (Lipinski definition) is 5. The van der Waals surface area contributed by atoms with Gasteiger partial charge in [-0.2, -0.15) is 0 Å². The van der Waals surface area contributed by atoms with E-state index in [9.17, 15) is 9.59 Å². The van der Waals surface area contributed by atoms with Crippen LogP contribution in [0.1, 0.15) is 61.0 Å². The average molecular weight is 374 g/mol. The molecule has 1 aromatic carbocycles. The minimum Gasteiger partial charge on any atom is -0.458 e. The van der Waals surface area contributed by atoms with E-state index in [0.717, 1.165) is 5.56 Å². The largest absolute Gasteiger partial charge is 0.458 e. The Bertz CT molecular complexity index is 745. The van der Waals surface area contributed by atoms with Gasteiger partial charge in [0.1, 0.15) is 11.2 Å². The lowest BCUT2D eigenvalue weighted by atomic mass is 9.88. The summed E-state index contributed by atoms with van der Waals surface area (Å²) in [6.07, 6.45) is -1.13. The molecule has 1 aliphatic rings. The van der Waals surface area contributed by atoms with Gasteiger partial charge in [-0.3, -0.25) is 0 Å². The maximum Gasteiger partial charge on any atom is 0.340 e. The standard InChI is InChI=1S/C22H30O5/c1-20(2,3)26-18(23)15-16(14-12-10-9-11-13-14)22(7,8)25-17(15)19(24)27-21(4,5)6/h9-13,17H,1-8H3. The van der Waals surface area contributed by atoms with Crippen LogP contribution in [0, 0.1) is 0 Å². The minimum atomic E-state index is -1.13. The molecule has 0 radical (unpaired) electrons. The molecule has 1 atom stereocenters. The van der Waals surface area contributed by atoms with E-state index in [1.54, 1.807) is 41.5 Å². The van der Waals surface area contributed by atoms with Crippen LogP contribution in [0.4, 0.5) is 0 Å². The van der Waals surface area contributed by atoms with Crippen molar-refractivity contribution in [2.24, 2.45) is 0 Å². The Balaban J connectivity index is 2.60. The zero-order valence-electron chi connectivity index (χ0n) is 17.5. The van der Waals surface area contributed by atoms with Crippen molar-refractivity contribution in [2.45, 2.75) is 78.3 Å². The van der Waals surface area contributed by atoms with Gasteiger partial charge < -0.3 is 14.2 Å². The molecule has 2 rings (SSSR count). The number of carbonyl (C=O) groups is 2. The molecule has 27 heavy (non-hydrogen) atoms. The molecule has 1 heterocycles. The zero-order chi connectivity index (χ0) is 20.6. The molecule has 0 saturated heterocycles. The summed E-state index contributed by atoms with van der Waals surface area (Å²) >= 11 is 0. The van der Waals surface area contributed by atoms with Crippen LogP contribution in [0.25, 0.3) is 5.57 Å². The Morgan fingerprint density at radius 2 is 1.44 bits per heavy atom. The molecule has 0 N–H and O–H groups in total. The van der Waals surface area contributed by atoms with Crippen molar-refractivity contribution in [3.8, 4) is 0 Å². The van der Waals surface area contributed by atoms with Crippen LogP contribution in [0.5, 0.6) is 0 Å². The molecule has 148 valence electrons. The molecule has 0 aliphatic carbocycles. The Morgan fingerprint density at radius 3 is 1.93 bits per heavy atom. The maximum atomic E-state index is 13.0. The van der Waals surface area contributed by atoms with E-state index in [4.69, 9.17) is 14.2 Å². The number of hydrogen-bond donors (Lipinski definition) is 0. The average Bonchev–Trinajstić information content (AvgIpc) is 2.76. The van der Waals surface area contributed by atoms with E-state index in [1.165, 1.54) is 0 Å². The number of ether oxygens (including phenoxy) is 3. The number of benzene rings is 1. The smallest absolute Gasteiger partial charge is 0.340 e. The highest BCUT2D eigenvalue weighted by atomic mass is 16.6. The maximum absolute atomic E-state index is 13.0. The van der Waals surface area contributed by atoms with Crippen molar-refractivity contribution in [1.29, 1.82) is 0 Å². The van der Waals surface area contributed by atoms with E-state index in [0.29, 0.717) is 5.57 Å². The van der Waals surface area contributed by atoms with Crippen molar-refractivity contribution in [2.75, 3.05) is 0 Å². The van der Waals surface area contributed by atoms with E-state index in [2.05, 4.69) is 0 Å². The van der Waals surface area contributed by atoms with Gasteiger partial charge in [-0.15, -0.1) is 0 Å². The van der Waals surface area contributed by atoms with E-state index in [1.807, 2.05) is 44.2 Å². The lowest BCUT2D eigenvalue weighted by Crippen LogP contribution is -2.37. The second kappa shape index (κ2) is 7.12. The molecular formula is C22H30O5. The lowest BCUT2D eigenvalue weighted by Gasteiger charge is -2.26. The third kappa shape index (κ3) is 5.19. The number of carbonyl (C=O) groups excluding carboxylic acids is 2. The molecule has 1 unspecified atom stereocenters. The fraction of sp³-hybridized carbons (Fsp3) is 0.545. The van der Waals surface area contributed by atoms with E-state index >= 15 is 0 Å². The third-order valence-electron chi connectivity index (χ3n) is 3.85. The molecule has 5 heteroatoms. The second-order valence-electron chi connectivity index (χ2n) is 9.20. The summed E-state index contributed by atoms with van der Waals surface area (Å²) in [7, 11) is 0. The lowest BCUT2D eigenvalue weighted by molar-refractivity contribution is -0.172. The molecule has 0 amide bonds. The Labute approximate surface area is 161 Å². The SMILES string of the molecule is CC(C)(C)OC(=O)C1=C(c2ccccc2)C(C)(C)OC1C(=O)OC(C)(C)C. The molecule has 0 spiro atoms. The van der Waals surface area contributed by atoms with E-state index < -0.39 is 34.8 Å². The van der Waals surface area contributed by atoms with Gasteiger partial charge in [-0.25, -0.2) is 9.59 Å². The first-order chi connectivity index (χ1) is 12.2. The molecule has 0 aromatic heterocycles. The van der Waals surface area contributed by atoms with Crippen LogP contribution < -0.4 is 0 Å². The number of esters is 2. The van der Waals surface area contributed by atoms with Crippen LogP contribution in [0.15, 0.2) is 35.9 Å². The summed E-state index contributed by atoms with van der Waals surface area (Å²) in [6, 6.07) is 9.44. The predicted octanol–water partition coefficient (Wildman–Crippen LogP) is 4.30. The Morgan fingerprint density at radius 1 is 0.926 bits per heavy atom. The van der Waals surface area contributed by atoms with Gasteiger partial charge in [0.15, 0.2) is 6.10 Å². The fourth-order valence-corrected chi connectivity index (χ4v) is 3.04. The van der Waals surface area contributed by atoms with Gasteiger partial charge in [0, 0.05) is 5.57 Å². The molecule has 1 aromatic rings. The monoisotopic (exact) mass is 374 g/mol. The Kier molecular flexibility index (Phi) is 5.58. The number of rotatable bonds is 3. The van der Waals surface area contributed by atoms with Crippen molar-refractivity contribution in [1.82, 2.24) is 0 Å². The van der Waals surface area contributed by atoms with Crippen LogP contribution in [-0.2, 0) is 23.8 Å². The normalized spacial score (nSPS) is 19.8. The van der Waals surface area contributed by atoms with E-state index in [-0.39, 0.29) is 5.57 Å². The molecule has 5 nitrogen and oxygen atoms in total. The fourth-order valence-electron chi connectivity index (χ4n) is 3.04. The molecular weight excluding hydrogens is 344 g/mol. The summed E-state index contributed by atoms with van der Waals surface area (Å²) in [4.78, 5) is 25.9. The first-order valence-electron chi connectivity index (χ1n) is 9.15. The van der Waals surface area contributed by atoms with Crippen LogP contribution >= 0.6 is 0 Å². The highest BCUT2D eigenvalue weighted by Crippen LogP contribution is 2.43. The zero-order valence-corrected chi connectivity index (χ0v) is 17.5. The second-order valence-corrected chi connectivity index (χ2v) is 9.20. The first kappa shape index (κ1) is 21.2. The molecule has 0 saturated carbocycles. The van der Waals surface area contributed by atoms with Gasteiger partial charge in [-0.05, 0) is 61.0 Å². The van der Waals surface area contributed by atoms with Gasteiger partial charge >= 0.3 is 11.9 Å². The Hall–Kier alpha value is -2.14. The highest BCUT2D eigenvalue weighted by molar-refractivity contribution is 6.07. The highest BCUT2D eigenvalue weighted by Gasteiger charge is 2.49. The van der Waals surface area contributed by atoms with Gasteiger partial charge in [0.25, 0.3) is 0 Å². The predicted molar refractivity (Wildman–Crippen MR) is 104 cm³/mol. The molecule has 0 fully saturated rings. The minimum absolute atomic E-state index is 0.204.